The topological polar surface area (TPSA) is 41.7 Å². The highest BCUT2D eigenvalue weighted by Crippen LogP contribution is 2.20. The van der Waals surface area contributed by atoms with Crippen LogP contribution in [0, 0.1) is 0 Å². The molecule has 2 N–H and O–H groups in total. The summed E-state index contributed by atoms with van der Waals surface area (Å²) in [6.45, 7) is 2.90. The highest BCUT2D eigenvalue weighted by atomic mass is 16.5. The van der Waals surface area contributed by atoms with Crippen molar-refractivity contribution in [3.05, 3.63) is 23.8 Å². The predicted octanol–water partition coefficient (Wildman–Crippen LogP) is 1.27. The minimum atomic E-state index is 0.822. The molecular weight excluding hydrogens is 214 g/mol. The van der Waals surface area contributed by atoms with Crippen molar-refractivity contribution in [3.63, 3.8) is 0 Å². The predicted molar refractivity (Wildman–Crippen MR) is 72.3 cm³/mol. The van der Waals surface area contributed by atoms with Crippen LogP contribution in [0.3, 0.4) is 0 Å². The Morgan fingerprint density at radius 2 is 1.88 bits per heavy atom. The zero-order chi connectivity index (χ0) is 12.8. The first-order chi connectivity index (χ1) is 8.02. The number of nitrogens with zero attached hydrogens (tertiary/aromatic N) is 2. The lowest BCUT2D eigenvalue weighted by atomic mass is 10.1. The molecule has 4 heteroatoms. The molecule has 0 saturated carbocycles. The quantitative estimate of drug-likeness (QED) is 0.757. The van der Waals surface area contributed by atoms with E-state index in [1.54, 1.807) is 7.11 Å². The molecule has 0 heterocycles. The van der Waals surface area contributed by atoms with Gasteiger partial charge >= 0.3 is 0 Å². The number of likely N-dealkylation sites (N-methyl/N-ethyl adjacent to an activating group) is 2. The van der Waals surface area contributed by atoms with Crippen molar-refractivity contribution < 1.29 is 4.74 Å². The zero-order valence-corrected chi connectivity index (χ0v) is 11.2. The summed E-state index contributed by atoms with van der Waals surface area (Å²) in [4.78, 5) is 4.43. The summed E-state index contributed by atoms with van der Waals surface area (Å²) in [5.74, 6) is 0.857. The number of ether oxygens (including phenoxy) is 1. The molecule has 1 aromatic carbocycles. The Hall–Kier alpha value is -1.26. The molecule has 0 spiro atoms. The van der Waals surface area contributed by atoms with E-state index in [9.17, 15) is 0 Å². The average Bonchev–Trinajstić information content (AvgIpc) is 2.29. The fourth-order valence-electron chi connectivity index (χ4n) is 1.59. The van der Waals surface area contributed by atoms with Gasteiger partial charge in [0.1, 0.15) is 5.75 Å². The molecule has 0 fully saturated rings. The number of methoxy groups -OCH3 is 1. The summed E-state index contributed by atoms with van der Waals surface area (Å²) in [6.07, 6.45) is 0. The molecule has 0 aliphatic carbocycles. The van der Waals surface area contributed by atoms with Crippen molar-refractivity contribution in [3.8, 4) is 5.75 Å². The van der Waals surface area contributed by atoms with Crippen LogP contribution >= 0.6 is 0 Å². The maximum absolute atomic E-state index is 5.96. The summed E-state index contributed by atoms with van der Waals surface area (Å²) in [6, 6.07) is 5.79. The molecule has 0 radical (unpaired) electrons. The fraction of sp³-hybridized carbons (Fsp3) is 0.538. The summed E-state index contributed by atoms with van der Waals surface area (Å²) < 4.78 is 5.21. The molecule has 0 aromatic heterocycles. The van der Waals surface area contributed by atoms with Gasteiger partial charge in [0.2, 0.25) is 0 Å². The number of hydrogen-bond donors (Lipinski definition) is 1. The standard InChI is InChI=1S/C13H23N3O/c1-15(2)7-8-16(3)10-11-9-12(17-4)5-6-13(11)14/h5-6,9H,7-8,10,14H2,1-4H3. The molecule has 1 rings (SSSR count). The van der Waals surface area contributed by atoms with E-state index in [1.807, 2.05) is 18.2 Å². The Kier molecular flexibility index (Phi) is 5.25. The second-order valence-electron chi connectivity index (χ2n) is 4.61. The Labute approximate surface area is 104 Å². The number of hydrogen-bond acceptors (Lipinski definition) is 4. The summed E-state index contributed by atoms with van der Waals surface area (Å²) >= 11 is 0. The van der Waals surface area contributed by atoms with E-state index in [1.165, 1.54) is 0 Å². The smallest absolute Gasteiger partial charge is 0.119 e. The van der Waals surface area contributed by atoms with Crippen molar-refractivity contribution in [1.82, 2.24) is 9.80 Å². The number of rotatable bonds is 6. The van der Waals surface area contributed by atoms with Crippen LogP contribution < -0.4 is 10.5 Å². The molecule has 4 nitrogen and oxygen atoms in total. The van der Waals surface area contributed by atoms with Gasteiger partial charge in [0.15, 0.2) is 0 Å². The molecule has 0 unspecified atom stereocenters. The van der Waals surface area contributed by atoms with Gasteiger partial charge < -0.3 is 20.3 Å². The molecule has 96 valence electrons. The molecular formula is C13H23N3O. The second kappa shape index (κ2) is 6.47. The van der Waals surface area contributed by atoms with Gasteiger partial charge in [-0.05, 0) is 44.9 Å². The van der Waals surface area contributed by atoms with E-state index < -0.39 is 0 Å². The van der Waals surface area contributed by atoms with Crippen molar-refractivity contribution in [2.24, 2.45) is 0 Å². The van der Waals surface area contributed by atoms with Crippen LogP contribution in [0.1, 0.15) is 5.56 Å². The number of benzene rings is 1. The molecule has 0 aliphatic rings. The third-order valence-corrected chi connectivity index (χ3v) is 2.72. The fourth-order valence-corrected chi connectivity index (χ4v) is 1.59. The van der Waals surface area contributed by atoms with Gasteiger partial charge in [-0.1, -0.05) is 0 Å². The van der Waals surface area contributed by atoms with E-state index in [-0.39, 0.29) is 0 Å². The van der Waals surface area contributed by atoms with Crippen LogP contribution in [0.2, 0.25) is 0 Å². The van der Waals surface area contributed by atoms with Crippen molar-refractivity contribution in [2.45, 2.75) is 6.54 Å². The largest absolute Gasteiger partial charge is 0.497 e. The van der Waals surface area contributed by atoms with E-state index in [4.69, 9.17) is 10.5 Å². The first-order valence-corrected chi connectivity index (χ1v) is 5.78. The lowest BCUT2D eigenvalue weighted by Crippen LogP contribution is -2.28. The highest BCUT2D eigenvalue weighted by molar-refractivity contribution is 5.50. The minimum absolute atomic E-state index is 0.822. The van der Waals surface area contributed by atoms with Crippen LogP contribution in [0.15, 0.2) is 18.2 Å². The lowest BCUT2D eigenvalue weighted by molar-refractivity contribution is 0.276. The zero-order valence-electron chi connectivity index (χ0n) is 11.2. The molecule has 0 amide bonds. The molecule has 0 saturated heterocycles. The van der Waals surface area contributed by atoms with Gasteiger partial charge in [-0.2, -0.15) is 0 Å². The summed E-state index contributed by atoms with van der Waals surface area (Å²) in [5, 5.41) is 0. The van der Waals surface area contributed by atoms with Crippen molar-refractivity contribution in [2.75, 3.05) is 47.1 Å². The maximum atomic E-state index is 5.96. The molecule has 0 atom stereocenters. The van der Waals surface area contributed by atoms with Gasteiger partial charge in [-0.3, -0.25) is 0 Å². The van der Waals surface area contributed by atoms with Crippen LogP contribution in [-0.2, 0) is 6.54 Å². The Morgan fingerprint density at radius 3 is 2.47 bits per heavy atom. The third kappa shape index (κ3) is 4.63. The van der Waals surface area contributed by atoms with E-state index >= 15 is 0 Å². The van der Waals surface area contributed by atoms with Gasteiger partial charge in [0.25, 0.3) is 0 Å². The van der Waals surface area contributed by atoms with E-state index in [0.29, 0.717) is 0 Å². The monoisotopic (exact) mass is 237 g/mol. The van der Waals surface area contributed by atoms with Crippen LogP contribution in [-0.4, -0.2) is 51.1 Å². The maximum Gasteiger partial charge on any atom is 0.119 e. The molecule has 0 bridgehead atoms. The molecule has 0 aliphatic heterocycles. The van der Waals surface area contributed by atoms with Crippen LogP contribution in [0.4, 0.5) is 5.69 Å². The average molecular weight is 237 g/mol. The SMILES string of the molecule is COc1ccc(N)c(CN(C)CCN(C)C)c1. The normalized spacial score (nSPS) is 11.2. The first-order valence-electron chi connectivity index (χ1n) is 5.78. The second-order valence-corrected chi connectivity index (χ2v) is 4.61. The van der Waals surface area contributed by atoms with Gasteiger partial charge in [-0.25, -0.2) is 0 Å². The van der Waals surface area contributed by atoms with E-state index in [0.717, 1.165) is 36.6 Å². The highest BCUT2D eigenvalue weighted by Gasteiger charge is 2.05. The number of nitrogen functional groups attached to an aromatic ring is 1. The number of nitrogens with two attached hydrogens (primary N) is 1. The Morgan fingerprint density at radius 1 is 1.18 bits per heavy atom. The number of anilines is 1. The minimum Gasteiger partial charge on any atom is -0.497 e. The lowest BCUT2D eigenvalue weighted by Gasteiger charge is -2.20. The molecule has 17 heavy (non-hydrogen) atoms. The summed E-state index contributed by atoms with van der Waals surface area (Å²) in [5.41, 5.74) is 7.89. The van der Waals surface area contributed by atoms with Crippen LogP contribution in [0.25, 0.3) is 0 Å². The van der Waals surface area contributed by atoms with Gasteiger partial charge in [-0.15, -0.1) is 0 Å². The third-order valence-electron chi connectivity index (χ3n) is 2.72. The van der Waals surface area contributed by atoms with Crippen LogP contribution in [0.5, 0.6) is 5.75 Å². The van der Waals surface area contributed by atoms with Crippen molar-refractivity contribution in [1.29, 1.82) is 0 Å². The van der Waals surface area contributed by atoms with Crippen molar-refractivity contribution >= 4 is 5.69 Å². The van der Waals surface area contributed by atoms with E-state index in [2.05, 4.69) is 30.9 Å². The summed E-state index contributed by atoms with van der Waals surface area (Å²) in [7, 11) is 7.93. The Balaban J connectivity index is 2.60. The van der Waals surface area contributed by atoms with Gasteiger partial charge in [0, 0.05) is 25.3 Å². The Bertz CT molecular complexity index is 353. The molecule has 1 aromatic rings. The van der Waals surface area contributed by atoms with Gasteiger partial charge in [0.05, 0.1) is 7.11 Å². The first kappa shape index (κ1) is 13.8.